The van der Waals surface area contributed by atoms with Crippen molar-refractivity contribution < 1.29 is 18.3 Å². The predicted octanol–water partition coefficient (Wildman–Crippen LogP) is 5.30. The van der Waals surface area contributed by atoms with Crippen LogP contribution in [0.25, 0.3) is 22.0 Å². The molecule has 0 atom stereocenters. The lowest BCUT2D eigenvalue weighted by Gasteiger charge is -2.29. The van der Waals surface area contributed by atoms with E-state index in [0.717, 1.165) is 5.56 Å². The van der Waals surface area contributed by atoms with Crippen LogP contribution in [0.3, 0.4) is 0 Å². The smallest absolute Gasteiger partial charge is 0.268 e. The van der Waals surface area contributed by atoms with Crippen LogP contribution in [-0.4, -0.2) is 37.2 Å². The topological polar surface area (TPSA) is 67.6 Å². The molecule has 2 aromatic heterocycles. The summed E-state index contributed by atoms with van der Waals surface area (Å²) in [5.74, 6) is -0.140. The standard InChI is InChI=1S/C24H20FN3O3S/c25-18-15-17(8-9-19(18)28-10-13-30-14-11-28)26-23(29)22-21(16-5-2-1-3-6-16)27-24(32-22)20-7-4-12-31-20/h1-9,12,15H,10-11,13-14H2,(H,26,29). The monoisotopic (exact) mass is 449 g/mol. The highest BCUT2D eigenvalue weighted by Crippen LogP contribution is 2.35. The van der Waals surface area contributed by atoms with Crippen LogP contribution in [0.15, 0.2) is 71.3 Å². The average Bonchev–Trinajstić information content (AvgIpc) is 3.51. The Morgan fingerprint density at radius 3 is 2.59 bits per heavy atom. The number of furan rings is 1. The summed E-state index contributed by atoms with van der Waals surface area (Å²) in [6.07, 6.45) is 1.57. The van der Waals surface area contributed by atoms with Gasteiger partial charge >= 0.3 is 0 Å². The number of aromatic nitrogens is 1. The maximum atomic E-state index is 14.8. The first-order valence-electron chi connectivity index (χ1n) is 10.2. The number of hydrogen-bond donors (Lipinski definition) is 1. The third-order valence-corrected chi connectivity index (χ3v) is 6.24. The second-order valence-corrected chi connectivity index (χ2v) is 8.26. The Balaban J connectivity index is 1.43. The van der Waals surface area contributed by atoms with Crippen LogP contribution in [0.1, 0.15) is 9.67 Å². The Kier molecular flexibility index (Phi) is 5.70. The quantitative estimate of drug-likeness (QED) is 0.448. The summed E-state index contributed by atoms with van der Waals surface area (Å²) < 4.78 is 25.6. The summed E-state index contributed by atoms with van der Waals surface area (Å²) in [7, 11) is 0. The molecular formula is C24H20FN3O3S. The van der Waals surface area contributed by atoms with Gasteiger partial charge in [-0.25, -0.2) is 9.37 Å². The van der Waals surface area contributed by atoms with E-state index in [4.69, 9.17) is 9.15 Å². The lowest BCUT2D eigenvalue weighted by molar-refractivity contribution is 0.103. The first kappa shape index (κ1) is 20.4. The van der Waals surface area contributed by atoms with E-state index in [9.17, 15) is 9.18 Å². The van der Waals surface area contributed by atoms with E-state index in [0.29, 0.717) is 59.0 Å². The number of carbonyl (C=O) groups excluding carboxylic acids is 1. The van der Waals surface area contributed by atoms with E-state index in [1.165, 1.54) is 17.4 Å². The lowest BCUT2D eigenvalue weighted by Crippen LogP contribution is -2.36. The van der Waals surface area contributed by atoms with Crippen molar-refractivity contribution >= 4 is 28.6 Å². The van der Waals surface area contributed by atoms with Crippen LogP contribution in [0, 0.1) is 5.82 Å². The zero-order valence-corrected chi connectivity index (χ0v) is 17.9. The Morgan fingerprint density at radius 2 is 1.88 bits per heavy atom. The molecule has 6 nitrogen and oxygen atoms in total. The summed E-state index contributed by atoms with van der Waals surface area (Å²) in [4.78, 5) is 20.2. The first-order valence-corrected chi connectivity index (χ1v) is 11.0. The molecule has 5 rings (SSSR count). The molecule has 1 fully saturated rings. The molecule has 0 unspecified atom stereocenters. The van der Waals surface area contributed by atoms with Gasteiger partial charge in [0.1, 0.15) is 10.7 Å². The number of rotatable bonds is 5. The van der Waals surface area contributed by atoms with Gasteiger partial charge in [0.15, 0.2) is 10.8 Å². The molecule has 2 aromatic carbocycles. The molecule has 8 heteroatoms. The molecule has 1 saturated heterocycles. The number of thiazole rings is 1. The van der Waals surface area contributed by atoms with Crippen LogP contribution in [0.4, 0.5) is 15.8 Å². The summed E-state index contributed by atoms with van der Waals surface area (Å²) in [5.41, 5.74) is 2.27. The molecule has 0 radical (unpaired) electrons. The Bertz CT molecular complexity index is 1220. The van der Waals surface area contributed by atoms with E-state index < -0.39 is 0 Å². The maximum Gasteiger partial charge on any atom is 0.268 e. The third kappa shape index (κ3) is 4.15. The van der Waals surface area contributed by atoms with E-state index in [-0.39, 0.29) is 11.7 Å². The Labute approximate surface area is 188 Å². The van der Waals surface area contributed by atoms with Crippen molar-refractivity contribution in [1.29, 1.82) is 0 Å². The van der Waals surface area contributed by atoms with Crippen LogP contribution < -0.4 is 10.2 Å². The fraction of sp³-hybridized carbons (Fsp3) is 0.167. The molecule has 1 N–H and O–H groups in total. The van der Waals surface area contributed by atoms with E-state index in [1.54, 1.807) is 30.5 Å². The molecule has 0 aliphatic carbocycles. The number of halogens is 1. The highest BCUT2D eigenvalue weighted by molar-refractivity contribution is 7.17. The Hall–Kier alpha value is -3.49. The van der Waals surface area contributed by atoms with Gasteiger partial charge in [-0.2, -0.15) is 0 Å². The molecule has 4 aromatic rings. The van der Waals surface area contributed by atoms with E-state index in [1.807, 2.05) is 35.2 Å². The van der Waals surface area contributed by atoms with Gasteiger partial charge in [0, 0.05) is 24.3 Å². The van der Waals surface area contributed by atoms with Gasteiger partial charge in [-0.3, -0.25) is 4.79 Å². The van der Waals surface area contributed by atoms with Crippen molar-refractivity contribution in [3.8, 4) is 22.0 Å². The number of morpholine rings is 1. The molecular weight excluding hydrogens is 429 g/mol. The highest BCUT2D eigenvalue weighted by Gasteiger charge is 2.22. The van der Waals surface area contributed by atoms with Crippen molar-refractivity contribution in [2.24, 2.45) is 0 Å². The van der Waals surface area contributed by atoms with Gasteiger partial charge in [0.2, 0.25) is 0 Å². The minimum atomic E-state index is -0.381. The summed E-state index contributed by atoms with van der Waals surface area (Å²) in [5, 5.41) is 3.42. The average molecular weight is 450 g/mol. The summed E-state index contributed by atoms with van der Waals surface area (Å²) in [6.45, 7) is 2.42. The second-order valence-electron chi connectivity index (χ2n) is 7.26. The van der Waals surface area contributed by atoms with Crippen molar-refractivity contribution in [2.45, 2.75) is 0 Å². The number of amides is 1. The fourth-order valence-corrected chi connectivity index (χ4v) is 4.56. The Morgan fingerprint density at radius 1 is 1.06 bits per heavy atom. The summed E-state index contributed by atoms with van der Waals surface area (Å²) >= 11 is 1.24. The normalized spacial score (nSPS) is 13.8. The van der Waals surface area contributed by atoms with Gasteiger partial charge in [0.05, 0.1) is 30.9 Å². The fourth-order valence-electron chi connectivity index (χ4n) is 3.60. The number of anilines is 2. The summed E-state index contributed by atoms with van der Waals surface area (Å²) in [6, 6.07) is 17.8. The molecule has 1 amide bonds. The largest absolute Gasteiger partial charge is 0.462 e. The van der Waals surface area contributed by atoms with Gasteiger partial charge in [-0.15, -0.1) is 11.3 Å². The molecule has 1 aliphatic rings. The molecule has 162 valence electrons. The molecule has 1 aliphatic heterocycles. The van der Waals surface area contributed by atoms with Gasteiger partial charge in [-0.05, 0) is 30.3 Å². The third-order valence-electron chi connectivity index (χ3n) is 5.17. The zero-order valence-electron chi connectivity index (χ0n) is 17.1. The minimum absolute atomic E-state index is 0.349. The predicted molar refractivity (Wildman–Crippen MR) is 123 cm³/mol. The van der Waals surface area contributed by atoms with Gasteiger partial charge in [0.25, 0.3) is 5.91 Å². The number of hydrogen-bond acceptors (Lipinski definition) is 6. The van der Waals surface area contributed by atoms with Crippen LogP contribution in [-0.2, 0) is 4.74 Å². The van der Waals surface area contributed by atoms with Gasteiger partial charge < -0.3 is 19.4 Å². The van der Waals surface area contributed by atoms with Crippen molar-refractivity contribution in [3.05, 3.63) is 77.6 Å². The molecule has 0 saturated carbocycles. The van der Waals surface area contributed by atoms with E-state index in [2.05, 4.69) is 10.3 Å². The number of benzene rings is 2. The number of nitrogens with zero attached hydrogens (tertiary/aromatic N) is 2. The maximum absolute atomic E-state index is 14.8. The first-order chi connectivity index (χ1) is 15.7. The van der Waals surface area contributed by atoms with Crippen LogP contribution in [0.2, 0.25) is 0 Å². The zero-order chi connectivity index (χ0) is 21.9. The molecule has 0 spiro atoms. The number of ether oxygens (including phenoxy) is 1. The van der Waals surface area contributed by atoms with Crippen LogP contribution in [0.5, 0.6) is 0 Å². The highest BCUT2D eigenvalue weighted by atomic mass is 32.1. The van der Waals surface area contributed by atoms with Crippen molar-refractivity contribution in [3.63, 3.8) is 0 Å². The number of carbonyl (C=O) groups is 1. The second kappa shape index (κ2) is 8.94. The van der Waals surface area contributed by atoms with E-state index >= 15 is 0 Å². The lowest BCUT2D eigenvalue weighted by atomic mass is 10.1. The van der Waals surface area contributed by atoms with Crippen molar-refractivity contribution in [2.75, 3.05) is 36.5 Å². The molecule has 3 heterocycles. The molecule has 0 bridgehead atoms. The number of nitrogens with one attached hydrogen (secondary N) is 1. The minimum Gasteiger partial charge on any atom is -0.462 e. The van der Waals surface area contributed by atoms with Gasteiger partial charge in [-0.1, -0.05) is 30.3 Å². The SMILES string of the molecule is O=C(Nc1ccc(N2CCOCC2)c(F)c1)c1sc(-c2ccco2)nc1-c1ccccc1. The molecule has 32 heavy (non-hydrogen) atoms. The van der Waals surface area contributed by atoms with Crippen LogP contribution >= 0.6 is 11.3 Å². The van der Waals surface area contributed by atoms with Crippen molar-refractivity contribution in [1.82, 2.24) is 4.98 Å².